The van der Waals surface area contributed by atoms with E-state index in [-0.39, 0.29) is 23.3 Å². The summed E-state index contributed by atoms with van der Waals surface area (Å²) >= 11 is 7.41. The number of para-hydroxylation sites is 2. The van der Waals surface area contributed by atoms with Crippen LogP contribution in [0.25, 0.3) is 17.1 Å². The number of rotatable bonds is 8. The van der Waals surface area contributed by atoms with Gasteiger partial charge in [-0.2, -0.15) is 4.99 Å². The summed E-state index contributed by atoms with van der Waals surface area (Å²) in [6.45, 7) is 4.32. The molecule has 0 aliphatic carbocycles. The number of thioether (sulfide) groups is 1. The predicted molar refractivity (Wildman–Crippen MR) is 164 cm³/mol. The lowest BCUT2D eigenvalue weighted by molar-refractivity contribution is -0.274. The van der Waals surface area contributed by atoms with Crippen molar-refractivity contribution in [3.63, 3.8) is 0 Å². The van der Waals surface area contributed by atoms with Crippen molar-refractivity contribution >= 4 is 46.2 Å². The van der Waals surface area contributed by atoms with Crippen molar-refractivity contribution in [2.24, 2.45) is 4.99 Å². The lowest BCUT2D eigenvalue weighted by Crippen LogP contribution is -2.32. The molecule has 1 aromatic heterocycles. The fourth-order valence-electron chi connectivity index (χ4n) is 4.51. The molecule has 4 aromatic rings. The summed E-state index contributed by atoms with van der Waals surface area (Å²) in [5, 5.41) is 7.84. The molecule has 228 valence electrons. The quantitative estimate of drug-likeness (QED) is 0.222. The summed E-state index contributed by atoms with van der Waals surface area (Å²) in [5.41, 5.74) is 3.20. The van der Waals surface area contributed by atoms with Gasteiger partial charge in [-0.05, 0) is 47.7 Å². The van der Waals surface area contributed by atoms with E-state index < -0.39 is 18.1 Å². The lowest BCUT2D eigenvalue weighted by Gasteiger charge is -2.21. The molecule has 0 bridgehead atoms. The number of hydrogen-bond acceptors (Lipinski definition) is 6. The molecule has 1 aliphatic rings. The van der Waals surface area contributed by atoms with Crippen LogP contribution in [0.15, 0.2) is 78.0 Å². The van der Waals surface area contributed by atoms with Gasteiger partial charge in [0.1, 0.15) is 12.0 Å². The first-order chi connectivity index (χ1) is 21.0. The molecule has 0 spiro atoms. The van der Waals surface area contributed by atoms with Gasteiger partial charge in [-0.3, -0.25) is 9.69 Å². The fraction of sp³-hybridized carbons (Fsp3) is 0.233. The zero-order chi connectivity index (χ0) is 31.4. The summed E-state index contributed by atoms with van der Waals surface area (Å²) < 4.78 is 43.7. The van der Waals surface area contributed by atoms with Crippen molar-refractivity contribution < 1.29 is 27.5 Å². The van der Waals surface area contributed by atoms with E-state index in [9.17, 15) is 22.8 Å². The number of carbonyl (C=O) groups is 2. The molecule has 0 unspecified atom stereocenters. The van der Waals surface area contributed by atoms with Gasteiger partial charge in [0.15, 0.2) is 16.7 Å². The van der Waals surface area contributed by atoms with Gasteiger partial charge in [-0.15, -0.1) is 18.3 Å². The Hall–Kier alpha value is -4.36. The highest BCUT2D eigenvalue weighted by atomic mass is 35.5. The Morgan fingerprint density at radius 3 is 2.59 bits per heavy atom. The zero-order valence-electron chi connectivity index (χ0n) is 23.5. The zero-order valence-corrected chi connectivity index (χ0v) is 25.1. The van der Waals surface area contributed by atoms with Crippen LogP contribution < -0.4 is 15.0 Å². The van der Waals surface area contributed by atoms with E-state index in [2.05, 4.69) is 25.1 Å². The molecule has 3 amide bonds. The predicted octanol–water partition coefficient (Wildman–Crippen LogP) is 7.00. The first-order valence-corrected chi connectivity index (χ1v) is 14.8. The van der Waals surface area contributed by atoms with Crippen molar-refractivity contribution in [1.82, 2.24) is 20.1 Å². The second-order valence-corrected chi connectivity index (χ2v) is 11.4. The number of anilines is 1. The van der Waals surface area contributed by atoms with Crippen LogP contribution in [-0.4, -0.2) is 50.5 Å². The van der Waals surface area contributed by atoms with Crippen LogP contribution in [0, 0.1) is 0 Å². The minimum atomic E-state index is -4.84. The molecule has 5 rings (SSSR count). The Morgan fingerprint density at radius 2 is 1.86 bits per heavy atom. The number of amidine groups is 1. The fourth-order valence-corrected chi connectivity index (χ4v) is 5.53. The lowest BCUT2D eigenvalue weighted by atomic mass is 10.0. The second-order valence-electron chi connectivity index (χ2n) is 9.98. The summed E-state index contributed by atoms with van der Waals surface area (Å²) in [4.78, 5) is 35.2. The van der Waals surface area contributed by atoms with Gasteiger partial charge in [0, 0.05) is 17.1 Å². The van der Waals surface area contributed by atoms with Gasteiger partial charge < -0.3 is 10.1 Å². The van der Waals surface area contributed by atoms with E-state index in [4.69, 9.17) is 11.6 Å². The van der Waals surface area contributed by atoms with Crippen LogP contribution >= 0.6 is 23.4 Å². The average Bonchev–Trinajstić information content (AvgIpc) is 3.59. The maximum atomic E-state index is 12.8. The van der Waals surface area contributed by atoms with Crippen molar-refractivity contribution in [3.05, 3.63) is 89.2 Å². The van der Waals surface area contributed by atoms with E-state index in [0.717, 1.165) is 11.1 Å². The minimum absolute atomic E-state index is 0.0935. The molecule has 3 aromatic carbocycles. The maximum absolute atomic E-state index is 12.8. The van der Waals surface area contributed by atoms with Crippen LogP contribution in [0.3, 0.4) is 0 Å². The number of amides is 3. The molecule has 14 heteroatoms. The number of benzene rings is 3. The first kappa shape index (κ1) is 31.1. The van der Waals surface area contributed by atoms with Gasteiger partial charge in [0.05, 0.1) is 11.4 Å². The summed E-state index contributed by atoms with van der Waals surface area (Å²) in [5.74, 6) is 0.0430. The molecule has 0 saturated carbocycles. The number of halogens is 4. The Kier molecular flexibility index (Phi) is 9.25. The van der Waals surface area contributed by atoms with Gasteiger partial charge >= 0.3 is 12.4 Å². The third kappa shape index (κ3) is 7.40. The van der Waals surface area contributed by atoms with Crippen molar-refractivity contribution in [3.8, 4) is 22.8 Å². The SMILES string of the molecule is CC(C)c1ccc(Cl)cc1N1C(=O)CSC1=NC(=O)NCCc1ccc(-c2ncn(-c3ccccc3OC(F)(F)F)n2)cc1. The molecule has 1 saturated heterocycles. The Bertz CT molecular complexity index is 1710. The van der Waals surface area contributed by atoms with E-state index in [1.807, 2.05) is 32.0 Å². The van der Waals surface area contributed by atoms with Crippen molar-refractivity contribution in [1.29, 1.82) is 0 Å². The number of urea groups is 1. The highest BCUT2D eigenvalue weighted by Gasteiger charge is 2.33. The smallest absolute Gasteiger partial charge is 0.403 e. The largest absolute Gasteiger partial charge is 0.573 e. The molecule has 1 N–H and O–H groups in total. The molecular formula is C30H26ClF3N6O3S. The molecule has 44 heavy (non-hydrogen) atoms. The van der Waals surface area contributed by atoms with E-state index in [1.165, 1.54) is 45.9 Å². The number of nitrogens with zero attached hydrogens (tertiary/aromatic N) is 5. The number of hydrogen-bond donors (Lipinski definition) is 1. The van der Waals surface area contributed by atoms with E-state index in [1.54, 1.807) is 30.3 Å². The Labute approximate surface area is 260 Å². The number of aromatic nitrogens is 3. The van der Waals surface area contributed by atoms with Crippen LogP contribution in [-0.2, 0) is 11.2 Å². The van der Waals surface area contributed by atoms with Crippen LogP contribution in [0.1, 0.15) is 30.9 Å². The van der Waals surface area contributed by atoms with E-state index >= 15 is 0 Å². The Balaban J connectivity index is 1.20. The third-order valence-electron chi connectivity index (χ3n) is 6.55. The van der Waals surface area contributed by atoms with Gasteiger partial charge in [0.2, 0.25) is 5.91 Å². The van der Waals surface area contributed by atoms with Gasteiger partial charge in [0.25, 0.3) is 0 Å². The monoisotopic (exact) mass is 642 g/mol. The van der Waals surface area contributed by atoms with Gasteiger partial charge in [-0.25, -0.2) is 14.5 Å². The summed E-state index contributed by atoms with van der Waals surface area (Å²) in [6, 6.07) is 17.7. The van der Waals surface area contributed by atoms with Crippen LogP contribution in [0.2, 0.25) is 5.02 Å². The van der Waals surface area contributed by atoms with E-state index in [0.29, 0.717) is 40.2 Å². The van der Waals surface area contributed by atoms with Crippen LogP contribution in [0.4, 0.5) is 23.7 Å². The normalized spacial score (nSPS) is 14.5. The molecule has 1 fully saturated rings. The highest BCUT2D eigenvalue weighted by molar-refractivity contribution is 8.15. The molecule has 2 heterocycles. The van der Waals surface area contributed by atoms with Crippen molar-refractivity contribution in [2.45, 2.75) is 32.5 Å². The third-order valence-corrected chi connectivity index (χ3v) is 7.71. The number of ether oxygens (including phenoxy) is 1. The number of carbonyl (C=O) groups excluding carboxylic acids is 2. The molecule has 0 atom stereocenters. The summed E-state index contributed by atoms with van der Waals surface area (Å²) in [7, 11) is 0. The second kappa shape index (κ2) is 13.1. The first-order valence-electron chi connectivity index (χ1n) is 13.5. The number of aliphatic imine (C=N–C) groups is 1. The van der Waals surface area contributed by atoms with Gasteiger partial charge in [-0.1, -0.05) is 79.7 Å². The molecule has 0 radical (unpaired) electrons. The standard InChI is InChI=1S/C30H26ClF3N6O3S/c1-18(2)22-12-11-21(31)15-24(22)40-26(41)16-44-29(40)37-28(42)35-14-13-19-7-9-20(10-8-19)27-36-17-39(38-27)23-5-3-4-6-25(23)43-30(32,33)34/h3-12,15,17-18H,13-14,16H2,1-2H3,(H,35,42). The van der Waals surface area contributed by atoms with Crippen molar-refractivity contribution in [2.75, 3.05) is 17.2 Å². The summed E-state index contributed by atoms with van der Waals surface area (Å²) in [6.07, 6.45) is -3.03. The number of alkyl halides is 3. The molecule has 1 aliphatic heterocycles. The maximum Gasteiger partial charge on any atom is 0.573 e. The van der Waals surface area contributed by atoms with Crippen LogP contribution in [0.5, 0.6) is 5.75 Å². The molecular weight excluding hydrogens is 617 g/mol. The topological polar surface area (TPSA) is 102 Å². The molecule has 9 nitrogen and oxygen atoms in total. The average molecular weight is 643 g/mol. The number of nitrogens with one attached hydrogen (secondary N) is 1. The Morgan fingerprint density at radius 1 is 1.11 bits per heavy atom. The highest BCUT2D eigenvalue weighted by Crippen LogP contribution is 2.35. The minimum Gasteiger partial charge on any atom is -0.403 e.